The molecule has 6 nitrogen and oxygen atoms in total. The molecule has 0 bridgehead atoms. The minimum atomic E-state index is -1.19. The Bertz CT molecular complexity index is 767. The zero-order chi connectivity index (χ0) is 18.7. The summed E-state index contributed by atoms with van der Waals surface area (Å²) in [6, 6.07) is 11.4. The molecule has 1 amide bonds. The summed E-state index contributed by atoms with van der Waals surface area (Å²) in [6.07, 6.45) is -2.94. The SMILES string of the molecule is COc1ccc(C(=O)N[C@@H]2C[C@@H](Oc3cccc(F)c3)[C@H](O)[C@H]2O)cc1. The third-order valence-corrected chi connectivity index (χ3v) is 4.38. The van der Waals surface area contributed by atoms with Crippen LogP contribution in [-0.2, 0) is 0 Å². The molecule has 0 saturated heterocycles. The highest BCUT2D eigenvalue weighted by Crippen LogP contribution is 2.26. The number of methoxy groups -OCH3 is 1. The maximum absolute atomic E-state index is 13.2. The highest BCUT2D eigenvalue weighted by Gasteiger charge is 2.43. The summed E-state index contributed by atoms with van der Waals surface area (Å²) in [4.78, 5) is 12.3. The van der Waals surface area contributed by atoms with Crippen LogP contribution in [0.1, 0.15) is 16.8 Å². The van der Waals surface area contributed by atoms with Gasteiger partial charge in [-0.3, -0.25) is 4.79 Å². The van der Waals surface area contributed by atoms with Crippen molar-refractivity contribution in [1.29, 1.82) is 0 Å². The van der Waals surface area contributed by atoms with Crippen molar-refractivity contribution in [3.63, 3.8) is 0 Å². The van der Waals surface area contributed by atoms with E-state index in [0.29, 0.717) is 11.3 Å². The van der Waals surface area contributed by atoms with Gasteiger partial charge < -0.3 is 25.0 Å². The lowest BCUT2D eigenvalue weighted by atomic mass is 10.1. The molecule has 7 heteroatoms. The van der Waals surface area contributed by atoms with Gasteiger partial charge in [0.25, 0.3) is 5.91 Å². The lowest BCUT2D eigenvalue weighted by Crippen LogP contribution is -2.43. The lowest BCUT2D eigenvalue weighted by molar-refractivity contribution is -0.0135. The summed E-state index contributed by atoms with van der Waals surface area (Å²) in [7, 11) is 1.53. The van der Waals surface area contributed by atoms with Crippen molar-refractivity contribution in [3.05, 3.63) is 59.9 Å². The van der Waals surface area contributed by atoms with Crippen LogP contribution in [0.3, 0.4) is 0 Å². The van der Waals surface area contributed by atoms with Gasteiger partial charge in [0.1, 0.15) is 35.6 Å². The van der Waals surface area contributed by atoms with E-state index in [1.54, 1.807) is 30.3 Å². The van der Waals surface area contributed by atoms with Crippen molar-refractivity contribution < 1.29 is 28.9 Å². The van der Waals surface area contributed by atoms with Crippen molar-refractivity contribution in [3.8, 4) is 11.5 Å². The summed E-state index contributed by atoms with van der Waals surface area (Å²) in [6.45, 7) is 0. The van der Waals surface area contributed by atoms with E-state index in [1.165, 1.54) is 25.3 Å². The molecule has 26 heavy (non-hydrogen) atoms. The summed E-state index contributed by atoms with van der Waals surface area (Å²) in [5.41, 5.74) is 0.405. The molecule has 2 aromatic rings. The van der Waals surface area contributed by atoms with Gasteiger partial charge in [-0.25, -0.2) is 4.39 Å². The average molecular weight is 361 g/mol. The Morgan fingerprint density at radius 3 is 2.50 bits per heavy atom. The first-order chi connectivity index (χ1) is 12.5. The summed E-state index contributed by atoms with van der Waals surface area (Å²) >= 11 is 0. The number of halogens is 1. The number of ether oxygens (including phenoxy) is 2. The quantitative estimate of drug-likeness (QED) is 0.751. The fraction of sp³-hybridized carbons (Fsp3) is 0.316. The minimum absolute atomic E-state index is 0.195. The van der Waals surface area contributed by atoms with Crippen LogP contribution in [0, 0.1) is 5.82 Å². The third-order valence-electron chi connectivity index (χ3n) is 4.38. The summed E-state index contributed by atoms with van der Waals surface area (Å²) in [5.74, 6) is 0.0417. The molecule has 2 aromatic carbocycles. The van der Waals surface area contributed by atoms with Gasteiger partial charge in [-0.2, -0.15) is 0 Å². The van der Waals surface area contributed by atoms with Crippen LogP contribution in [0.15, 0.2) is 48.5 Å². The molecule has 138 valence electrons. The lowest BCUT2D eigenvalue weighted by Gasteiger charge is -2.18. The largest absolute Gasteiger partial charge is 0.497 e. The number of hydrogen-bond acceptors (Lipinski definition) is 5. The monoisotopic (exact) mass is 361 g/mol. The van der Waals surface area contributed by atoms with Crippen LogP contribution in [0.2, 0.25) is 0 Å². The Kier molecular flexibility index (Phi) is 5.39. The van der Waals surface area contributed by atoms with Crippen molar-refractivity contribution in [1.82, 2.24) is 5.32 Å². The molecule has 0 aromatic heterocycles. The molecule has 3 N–H and O–H groups in total. The number of carbonyl (C=O) groups is 1. The van der Waals surface area contributed by atoms with Crippen LogP contribution in [-0.4, -0.2) is 47.6 Å². The third kappa shape index (κ3) is 3.95. The van der Waals surface area contributed by atoms with Crippen molar-refractivity contribution in [2.75, 3.05) is 7.11 Å². The maximum atomic E-state index is 13.2. The maximum Gasteiger partial charge on any atom is 0.251 e. The first-order valence-corrected chi connectivity index (χ1v) is 8.21. The highest BCUT2D eigenvalue weighted by atomic mass is 19.1. The second-order valence-corrected chi connectivity index (χ2v) is 6.14. The molecule has 3 rings (SSSR count). The van der Waals surface area contributed by atoms with E-state index < -0.39 is 30.2 Å². The zero-order valence-corrected chi connectivity index (χ0v) is 14.1. The molecule has 1 fully saturated rings. The number of benzene rings is 2. The molecule has 1 aliphatic carbocycles. The van der Waals surface area contributed by atoms with Gasteiger partial charge in [0.15, 0.2) is 0 Å². The van der Waals surface area contributed by atoms with Crippen LogP contribution in [0.25, 0.3) is 0 Å². The number of rotatable bonds is 5. The molecule has 0 unspecified atom stereocenters. The number of amides is 1. The van der Waals surface area contributed by atoms with Gasteiger partial charge in [0.2, 0.25) is 0 Å². The molecule has 1 aliphatic rings. The van der Waals surface area contributed by atoms with E-state index >= 15 is 0 Å². The zero-order valence-electron chi connectivity index (χ0n) is 14.1. The topological polar surface area (TPSA) is 88.0 Å². The summed E-state index contributed by atoms with van der Waals surface area (Å²) in [5, 5.41) is 23.1. The minimum Gasteiger partial charge on any atom is -0.497 e. The van der Waals surface area contributed by atoms with Crippen LogP contribution < -0.4 is 14.8 Å². The average Bonchev–Trinajstić information content (AvgIpc) is 2.89. The van der Waals surface area contributed by atoms with E-state index in [2.05, 4.69) is 5.32 Å². The van der Waals surface area contributed by atoms with Crippen LogP contribution in [0.4, 0.5) is 4.39 Å². The van der Waals surface area contributed by atoms with Gasteiger partial charge in [-0.15, -0.1) is 0 Å². The van der Waals surface area contributed by atoms with Crippen molar-refractivity contribution in [2.45, 2.75) is 30.8 Å². The Labute approximate surface area is 150 Å². The number of aliphatic hydroxyl groups excluding tert-OH is 2. The van der Waals surface area contributed by atoms with Gasteiger partial charge in [-0.05, 0) is 36.4 Å². The standard InChI is InChI=1S/C19H20FNO5/c1-25-13-7-5-11(6-8-13)19(24)21-15-10-16(18(23)17(15)22)26-14-4-2-3-12(20)9-14/h2-9,15-18,22-23H,10H2,1H3,(H,21,24)/t15-,16-,17+,18+/m1/s1. The van der Waals surface area contributed by atoms with Gasteiger partial charge in [-0.1, -0.05) is 6.07 Å². The van der Waals surface area contributed by atoms with Crippen LogP contribution >= 0.6 is 0 Å². The molecule has 4 atom stereocenters. The molecule has 0 aliphatic heterocycles. The Hall–Kier alpha value is -2.64. The Morgan fingerprint density at radius 2 is 1.85 bits per heavy atom. The van der Waals surface area contributed by atoms with E-state index in [9.17, 15) is 19.4 Å². The van der Waals surface area contributed by atoms with E-state index in [1.807, 2.05) is 0 Å². The molecule has 1 saturated carbocycles. The Morgan fingerprint density at radius 1 is 1.12 bits per heavy atom. The van der Waals surface area contributed by atoms with Gasteiger partial charge in [0, 0.05) is 18.1 Å². The molecule has 0 spiro atoms. The van der Waals surface area contributed by atoms with E-state index in [-0.39, 0.29) is 18.1 Å². The van der Waals surface area contributed by atoms with Crippen molar-refractivity contribution in [2.24, 2.45) is 0 Å². The van der Waals surface area contributed by atoms with E-state index in [0.717, 1.165) is 0 Å². The van der Waals surface area contributed by atoms with Gasteiger partial charge >= 0.3 is 0 Å². The fourth-order valence-corrected chi connectivity index (χ4v) is 2.96. The van der Waals surface area contributed by atoms with Crippen LogP contribution in [0.5, 0.6) is 11.5 Å². The highest BCUT2D eigenvalue weighted by molar-refractivity contribution is 5.94. The second kappa shape index (κ2) is 7.72. The van der Waals surface area contributed by atoms with E-state index in [4.69, 9.17) is 9.47 Å². The molecular weight excluding hydrogens is 341 g/mol. The van der Waals surface area contributed by atoms with Crippen molar-refractivity contribution >= 4 is 5.91 Å². The number of nitrogens with one attached hydrogen (secondary N) is 1. The van der Waals surface area contributed by atoms with Gasteiger partial charge in [0.05, 0.1) is 13.2 Å². The normalized spacial score (nSPS) is 24.9. The fourth-order valence-electron chi connectivity index (χ4n) is 2.96. The second-order valence-electron chi connectivity index (χ2n) is 6.14. The summed E-state index contributed by atoms with van der Waals surface area (Å²) < 4.78 is 23.9. The molecule has 0 heterocycles. The first-order valence-electron chi connectivity index (χ1n) is 8.21. The predicted molar refractivity (Wildman–Crippen MR) is 91.7 cm³/mol. The number of carbonyl (C=O) groups excluding carboxylic acids is 1. The molecular formula is C19H20FNO5. The smallest absolute Gasteiger partial charge is 0.251 e. The number of hydrogen-bond donors (Lipinski definition) is 3. The Balaban J connectivity index is 1.64. The number of aliphatic hydroxyl groups is 2. The predicted octanol–water partition coefficient (Wildman–Crippen LogP) is 1.51. The molecule has 0 radical (unpaired) electrons. The first kappa shape index (κ1) is 18.2.